The van der Waals surface area contributed by atoms with Gasteiger partial charge in [-0.05, 0) is 89.5 Å². The van der Waals surface area contributed by atoms with Gasteiger partial charge in [0.15, 0.2) is 11.6 Å². The average molecular weight is 493 g/mol. The molecule has 0 saturated carbocycles. The lowest BCUT2D eigenvalue weighted by Crippen LogP contribution is -2.25. The first-order valence-corrected chi connectivity index (χ1v) is 11.8. The number of halogens is 2. The Labute approximate surface area is 207 Å². The van der Waals surface area contributed by atoms with E-state index in [-0.39, 0.29) is 30.2 Å². The summed E-state index contributed by atoms with van der Waals surface area (Å²) in [6.07, 6.45) is -0.241. The van der Waals surface area contributed by atoms with Crippen LogP contribution in [0.25, 0.3) is 11.1 Å². The number of nitrogens with one attached hydrogen (secondary N) is 1. The van der Waals surface area contributed by atoms with Crippen molar-refractivity contribution < 1.29 is 28.2 Å². The summed E-state index contributed by atoms with van der Waals surface area (Å²) in [5, 5.41) is 12.9. The topological polar surface area (TPSA) is 78.9 Å². The van der Waals surface area contributed by atoms with Gasteiger partial charge in [0, 0.05) is 25.2 Å². The maximum Gasteiger partial charge on any atom is 0.307 e. The molecule has 0 aromatic heterocycles. The molecule has 36 heavy (non-hydrogen) atoms. The van der Waals surface area contributed by atoms with Crippen LogP contribution in [0.15, 0.2) is 30.3 Å². The summed E-state index contributed by atoms with van der Waals surface area (Å²) in [4.78, 5) is 26.7. The molecule has 3 aromatic rings. The third-order valence-electron chi connectivity index (χ3n) is 7.20. The van der Waals surface area contributed by atoms with Gasteiger partial charge in [-0.25, -0.2) is 8.78 Å². The van der Waals surface area contributed by atoms with Crippen molar-refractivity contribution in [1.82, 2.24) is 4.90 Å². The molecule has 1 amide bonds. The Hall–Kier alpha value is -3.94. The lowest BCUT2D eigenvalue weighted by atomic mass is 9.82. The lowest BCUT2D eigenvalue weighted by Gasteiger charge is -2.26. The molecule has 2 aliphatic heterocycles. The van der Waals surface area contributed by atoms with Gasteiger partial charge in [0.1, 0.15) is 12.4 Å². The van der Waals surface area contributed by atoms with E-state index in [0.717, 1.165) is 27.8 Å². The van der Waals surface area contributed by atoms with Crippen molar-refractivity contribution in [2.75, 3.05) is 18.5 Å². The molecular formula is C28H26F2N2O4. The number of carboxylic acid groups (broad SMARTS) is 1. The number of carbonyl (C=O) groups is 2. The smallest absolute Gasteiger partial charge is 0.307 e. The molecule has 6 nitrogen and oxygen atoms in total. The van der Waals surface area contributed by atoms with Crippen LogP contribution in [-0.2, 0) is 24.3 Å². The van der Waals surface area contributed by atoms with Crippen molar-refractivity contribution >= 4 is 17.6 Å². The Bertz CT molecular complexity index is 1430. The molecule has 0 atom stereocenters. The van der Waals surface area contributed by atoms with E-state index >= 15 is 4.39 Å². The van der Waals surface area contributed by atoms with E-state index < -0.39 is 17.6 Å². The number of carbonyl (C=O) groups excluding carboxylic acids is 1. The number of amides is 1. The number of rotatable bonds is 4. The highest BCUT2D eigenvalue weighted by Crippen LogP contribution is 2.45. The summed E-state index contributed by atoms with van der Waals surface area (Å²) in [7, 11) is 0. The van der Waals surface area contributed by atoms with Crippen LogP contribution in [0.1, 0.15) is 43.7 Å². The van der Waals surface area contributed by atoms with Crippen molar-refractivity contribution in [3.63, 3.8) is 0 Å². The van der Waals surface area contributed by atoms with Crippen LogP contribution in [0.3, 0.4) is 0 Å². The Morgan fingerprint density at radius 1 is 1.06 bits per heavy atom. The van der Waals surface area contributed by atoms with Crippen molar-refractivity contribution in [2.24, 2.45) is 0 Å². The number of hydrogen-bond donors (Lipinski definition) is 2. The number of carboxylic acids is 1. The number of benzene rings is 3. The van der Waals surface area contributed by atoms with Crippen LogP contribution in [0, 0.1) is 32.4 Å². The van der Waals surface area contributed by atoms with Gasteiger partial charge in [-0.15, -0.1) is 0 Å². The summed E-state index contributed by atoms with van der Waals surface area (Å²) < 4.78 is 34.4. The first-order valence-electron chi connectivity index (χ1n) is 11.8. The van der Waals surface area contributed by atoms with E-state index in [1.807, 2.05) is 20.8 Å². The second-order valence-electron chi connectivity index (χ2n) is 9.31. The van der Waals surface area contributed by atoms with Crippen LogP contribution in [0.4, 0.5) is 14.5 Å². The van der Waals surface area contributed by atoms with Crippen LogP contribution < -0.4 is 10.1 Å². The van der Waals surface area contributed by atoms with Crippen molar-refractivity contribution in [3.8, 4) is 16.9 Å². The fraction of sp³-hybridized carbons (Fsp3) is 0.286. The van der Waals surface area contributed by atoms with Gasteiger partial charge in [0.2, 0.25) is 0 Å². The first-order chi connectivity index (χ1) is 17.2. The monoisotopic (exact) mass is 492 g/mol. The number of fused-ring (bicyclic) bond motifs is 2. The molecule has 0 saturated heterocycles. The molecule has 186 valence electrons. The zero-order valence-electron chi connectivity index (χ0n) is 20.3. The second-order valence-corrected chi connectivity index (χ2v) is 9.31. The van der Waals surface area contributed by atoms with Crippen LogP contribution in [0.5, 0.6) is 5.75 Å². The molecule has 8 heteroatoms. The maximum atomic E-state index is 15.1. The zero-order valence-corrected chi connectivity index (χ0v) is 20.3. The number of aliphatic carboxylic acids is 1. The predicted octanol–water partition coefficient (Wildman–Crippen LogP) is 5.14. The van der Waals surface area contributed by atoms with Gasteiger partial charge in [-0.3, -0.25) is 9.59 Å². The second kappa shape index (κ2) is 8.93. The lowest BCUT2D eigenvalue weighted by molar-refractivity contribution is -0.136. The molecule has 5 rings (SSSR count). The predicted molar refractivity (Wildman–Crippen MR) is 131 cm³/mol. The fourth-order valence-electron chi connectivity index (χ4n) is 5.42. The third-order valence-corrected chi connectivity index (χ3v) is 7.20. The first kappa shape index (κ1) is 23.8. The number of ether oxygens (including phenoxy) is 1. The van der Waals surface area contributed by atoms with E-state index in [4.69, 9.17) is 4.74 Å². The number of anilines is 1. The van der Waals surface area contributed by atoms with E-state index in [1.54, 1.807) is 11.0 Å². The minimum absolute atomic E-state index is 0.171. The number of nitrogens with zero attached hydrogens (tertiary/aromatic N) is 1. The van der Waals surface area contributed by atoms with Crippen molar-refractivity contribution in [1.29, 1.82) is 0 Å². The van der Waals surface area contributed by atoms with Crippen LogP contribution in [0.2, 0.25) is 0 Å². The molecule has 2 N–H and O–H groups in total. The van der Waals surface area contributed by atoms with Crippen LogP contribution in [-0.4, -0.2) is 35.0 Å². The van der Waals surface area contributed by atoms with Gasteiger partial charge in [0.25, 0.3) is 5.91 Å². The maximum absolute atomic E-state index is 15.1. The Balaban J connectivity index is 1.66. The molecule has 0 radical (unpaired) electrons. The molecule has 3 aromatic carbocycles. The minimum atomic E-state index is -0.998. The van der Waals surface area contributed by atoms with E-state index in [1.165, 1.54) is 24.3 Å². The molecule has 0 aliphatic carbocycles. The van der Waals surface area contributed by atoms with Gasteiger partial charge < -0.3 is 20.1 Å². The third kappa shape index (κ3) is 3.86. The van der Waals surface area contributed by atoms with Gasteiger partial charge >= 0.3 is 5.97 Å². The summed E-state index contributed by atoms with van der Waals surface area (Å²) in [5.74, 6) is -2.13. The number of hydrogen-bond acceptors (Lipinski definition) is 4. The molecule has 0 spiro atoms. The van der Waals surface area contributed by atoms with Gasteiger partial charge in [-0.2, -0.15) is 0 Å². The molecular weight excluding hydrogens is 466 g/mol. The highest BCUT2D eigenvalue weighted by molar-refractivity contribution is 5.95. The quantitative estimate of drug-likeness (QED) is 0.527. The fourth-order valence-corrected chi connectivity index (χ4v) is 5.42. The Morgan fingerprint density at radius 3 is 2.47 bits per heavy atom. The van der Waals surface area contributed by atoms with Gasteiger partial charge in [-0.1, -0.05) is 6.07 Å². The van der Waals surface area contributed by atoms with E-state index in [9.17, 15) is 19.1 Å². The van der Waals surface area contributed by atoms with E-state index in [0.29, 0.717) is 42.1 Å². The Morgan fingerprint density at radius 2 is 1.78 bits per heavy atom. The van der Waals surface area contributed by atoms with Crippen molar-refractivity contribution in [2.45, 2.75) is 40.3 Å². The summed E-state index contributed by atoms with van der Waals surface area (Å²) in [5.41, 5.74) is 6.81. The summed E-state index contributed by atoms with van der Waals surface area (Å²) in [6.45, 7) is 7.08. The Kier molecular flexibility index (Phi) is 5.90. The zero-order chi connectivity index (χ0) is 25.7. The molecule has 2 aliphatic rings. The molecule has 0 bridgehead atoms. The highest BCUT2D eigenvalue weighted by atomic mass is 19.1. The summed E-state index contributed by atoms with van der Waals surface area (Å²) in [6, 6.07) is 6.97. The normalized spacial score (nSPS) is 14.1. The SMILES string of the molecule is Cc1c2c(c(C)c(-c3cc(F)c4c(c3C)NCCO4)c1CC(=O)O)CN(C(=O)c1cccc(F)c1)C2. The largest absolute Gasteiger partial charge is 0.486 e. The van der Waals surface area contributed by atoms with Gasteiger partial charge in [0.05, 0.1) is 12.1 Å². The average Bonchev–Trinajstić information content (AvgIpc) is 3.31. The molecule has 0 fully saturated rings. The van der Waals surface area contributed by atoms with E-state index in [2.05, 4.69) is 5.32 Å². The summed E-state index contributed by atoms with van der Waals surface area (Å²) >= 11 is 0. The molecule has 2 heterocycles. The highest BCUT2D eigenvalue weighted by Gasteiger charge is 2.32. The minimum Gasteiger partial charge on any atom is -0.486 e. The standard InChI is InChI=1S/C28H26F2N2O4/c1-14-20(11-24(33)34)25(19-10-23(30)27-26(16(19)3)31-7-8-36-27)15(2)22-13-32(12-21(14)22)28(35)17-5-4-6-18(29)9-17/h4-6,9-10,31H,7-8,11-13H2,1-3H3,(H,33,34). The van der Waals surface area contributed by atoms with Crippen LogP contribution >= 0.6 is 0 Å². The van der Waals surface area contributed by atoms with Crippen molar-refractivity contribution in [3.05, 3.63) is 80.9 Å². The molecule has 0 unspecified atom stereocenters.